The average molecular weight is 278 g/mol. The predicted molar refractivity (Wildman–Crippen MR) is 77.0 cm³/mol. The number of hydrogen-bond donors (Lipinski definition) is 0. The van der Waals surface area contributed by atoms with Crippen LogP contribution in [0, 0.1) is 11.8 Å². The predicted octanol–water partition coefficient (Wildman–Crippen LogP) is 2.03. The van der Waals surface area contributed by atoms with Gasteiger partial charge in [0.2, 0.25) is 11.8 Å². The minimum Gasteiger partial charge on any atom is -0.337 e. The second kappa shape index (κ2) is 5.38. The Balaban J connectivity index is 1.79. The van der Waals surface area contributed by atoms with Crippen LogP contribution in [0.15, 0.2) is 0 Å². The van der Waals surface area contributed by atoms with Crippen molar-refractivity contribution in [2.24, 2.45) is 11.8 Å². The van der Waals surface area contributed by atoms with Crippen LogP contribution in [-0.2, 0) is 9.59 Å². The second-order valence-electron chi connectivity index (χ2n) is 6.70. The number of rotatable bonds is 2. The van der Waals surface area contributed by atoms with Crippen LogP contribution in [0.5, 0.6) is 0 Å². The molecule has 0 aromatic rings. The van der Waals surface area contributed by atoms with Crippen molar-refractivity contribution in [3.05, 3.63) is 0 Å². The highest BCUT2D eigenvalue weighted by Crippen LogP contribution is 2.38. The molecular weight excluding hydrogens is 252 g/mol. The molecule has 0 spiro atoms. The van der Waals surface area contributed by atoms with E-state index in [0.717, 1.165) is 31.7 Å². The van der Waals surface area contributed by atoms with E-state index in [1.807, 2.05) is 4.90 Å². The molecule has 2 amide bonds. The van der Waals surface area contributed by atoms with Crippen LogP contribution < -0.4 is 0 Å². The van der Waals surface area contributed by atoms with Gasteiger partial charge in [-0.3, -0.25) is 9.59 Å². The zero-order valence-corrected chi connectivity index (χ0v) is 12.7. The fraction of sp³-hybridized carbons (Fsp3) is 0.875. The minimum atomic E-state index is -0.155. The van der Waals surface area contributed by atoms with Crippen molar-refractivity contribution < 1.29 is 9.59 Å². The number of carbonyl (C=O) groups is 2. The molecule has 0 aromatic carbocycles. The van der Waals surface area contributed by atoms with Gasteiger partial charge in [-0.05, 0) is 37.5 Å². The van der Waals surface area contributed by atoms with E-state index in [4.69, 9.17) is 0 Å². The van der Waals surface area contributed by atoms with Gasteiger partial charge >= 0.3 is 0 Å². The molecule has 1 aliphatic carbocycles. The summed E-state index contributed by atoms with van der Waals surface area (Å²) in [6.45, 7) is 5.95. The Morgan fingerprint density at radius 2 is 1.90 bits per heavy atom. The Kier molecular flexibility index (Phi) is 3.74. The zero-order chi connectivity index (χ0) is 14.3. The molecule has 1 saturated carbocycles. The van der Waals surface area contributed by atoms with Gasteiger partial charge < -0.3 is 9.80 Å². The molecule has 0 bridgehead atoms. The van der Waals surface area contributed by atoms with Crippen molar-refractivity contribution in [1.82, 2.24) is 9.80 Å². The highest BCUT2D eigenvalue weighted by atomic mass is 16.2. The lowest BCUT2D eigenvalue weighted by Gasteiger charge is -2.33. The molecule has 0 aromatic heterocycles. The first-order chi connectivity index (χ1) is 9.63. The highest BCUT2D eigenvalue weighted by Gasteiger charge is 2.44. The van der Waals surface area contributed by atoms with Crippen LogP contribution in [0.3, 0.4) is 0 Å². The summed E-state index contributed by atoms with van der Waals surface area (Å²) in [5.41, 5.74) is 0. The summed E-state index contributed by atoms with van der Waals surface area (Å²) >= 11 is 0. The molecular formula is C16H26N2O2. The molecule has 2 saturated heterocycles. The number of nitrogens with zero attached hydrogens (tertiary/aromatic N) is 2. The fourth-order valence-electron chi connectivity index (χ4n) is 4.55. The summed E-state index contributed by atoms with van der Waals surface area (Å²) in [7, 11) is 0. The van der Waals surface area contributed by atoms with Gasteiger partial charge in [0, 0.05) is 25.6 Å². The summed E-state index contributed by atoms with van der Waals surface area (Å²) in [6, 6.07) is 0.207. The van der Waals surface area contributed by atoms with Gasteiger partial charge in [-0.15, -0.1) is 0 Å². The lowest BCUT2D eigenvalue weighted by molar-refractivity contribution is -0.141. The van der Waals surface area contributed by atoms with Crippen LogP contribution in [0.1, 0.15) is 52.4 Å². The minimum absolute atomic E-state index is 0.155. The Labute approximate surface area is 121 Å². The van der Waals surface area contributed by atoms with Crippen molar-refractivity contribution in [3.8, 4) is 0 Å². The maximum Gasteiger partial charge on any atom is 0.245 e. The molecule has 2 heterocycles. The molecule has 2 aliphatic heterocycles. The molecule has 3 fully saturated rings. The lowest BCUT2D eigenvalue weighted by Crippen LogP contribution is -2.48. The molecule has 4 unspecified atom stereocenters. The smallest absolute Gasteiger partial charge is 0.245 e. The van der Waals surface area contributed by atoms with Crippen LogP contribution in [0.2, 0.25) is 0 Å². The first-order valence-corrected chi connectivity index (χ1v) is 8.23. The number of amides is 2. The van der Waals surface area contributed by atoms with E-state index in [9.17, 15) is 9.59 Å². The largest absolute Gasteiger partial charge is 0.337 e. The highest BCUT2D eigenvalue weighted by molar-refractivity contribution is 5.90. The van der Waals surface area contributed by atoms with Gasteiger partial charge in [-0.1, -0.05) is 20.3 Å². The van der Waals surface area contributed by atoms with Crippen molar-refractivity contribution >= 4 is 11.8 Å². The maximum absolute atomic E-state index is 12.8. The molecule has 20 heavy (non-hydrogen) atoms. The van der Waals surface area contributed by atoms with E-state index in [2.05, 4.69) is 18.7 Å². The van der Waals surface area contributed by atoms with E-state index >= 15 is 0 Å². The van der Waals surface area contributed by atoms with E-state index < -0.39 is 0 Å². The van der Waals surface area contributed by atoms with Crippen LogP contribution >= 0.6 is 0 Å². The first kappa shape index (κ1) is 13.9. The molecule has 0 radical (unpaired) electrons. The second-order valence-corrected chi connectivity index (χ2v) is 6.70. The summed E-state index contributed by atoms with van der Waals surface area (Å²) in [5, 5.41) is 0. The van der Waals surface area contributed by atoms with Crippen molar-refractivity contribution in [2.45, 2.75) is 64.5 Å². The summed E-state index contributed by atoms with van der Waals surface area (Å²) < 4.78 is 0. The van der Waals surface area contributed by atoms with Crippen molar-refractivity contribution in [3.63, 3.8) is 0 Å². The average Bonchev–Trinajstić information content (AvgIpc) is 3.03. The van der Waals surface area contributed by atoms with E-state index in [1.165, 1.54) is 12.8 Å². The maximum atomic E-state index is 12.8. The number of fused-ring (bicyclic) bond motifs is 1. The Morgan fingerprint density at radius 3 is 2.60 bits per heavy atom. The van der Waals surface area contributed by atoms with Crippen molar-refractivity contribution in [2.75, 3.05) is 13.1 Å². The number of carbonyl (C=O) groups excluding carboxylic acids is 2. The van der Waals surface area contributed by atoms with Gasteiger partial charge in [0.25, 0.3) is 0 Å². The first-order valence-electron chi connectivity index (χ1n) is 8.23. The van der Waals surface area contributed by atoms with E-state index in [1.54, 1.807) is 0 Å². The van der Waals surface area contributed by atoms with Gasteiger partial charge in [0.1, 0.15) is 6.04 Å². The lowest BCUT2D eigenvalue weighted by atomic mass is 9.92. The normalized spacial score (nSPS) is 38.3. The molecule has 4 heteroatoms. The molecule has 3 rings (SSSR count). The topological polar surface area (TPSA) is 40.6 Å². The monoisotopic (exact) mass is 278 g/mol. The Bertz CT molecular complexity index is 409. The third-order valence-electron chi connectivity index (χ3n) is 5.82. The fourth-order valence-corrected chi connectivity index (χ4v) is 4.55. The molecule has 4 atom stereocenters. The van der Waals surface area contributed by atoms with Gasteiger partial charge in [0.05, 0.1) is 0 Å². The third-order valence-corrected chi connectivity index (χ3v) is 5.82. The molecule has 0 N–H and O–H groups in total. The van der Waals surface area contributed by atoms with Crippen molar-refractivity contribution in [1.29, 1.82) is 0 Å². The summed E-state index contributed by atoms with van der Waals surface area (Å²) in [6.07, 6.45) is 5.91. The SMILES string of the molecule is CCC1CCC(N2CCC(=O)N3CCCC3C2=O)C1C. The molecule has 112 valence electrons. The quantitative estimate of drug-likeness (QED) is 0.775. The van der Waals surface area contributed by atoms with E-state index in [0.29, 0.717) is 24.9 Å². The molecule has 3 aliphatic rings. The summed E-state index contributed by atoms with van der Waals surface area (Å²) in [5.74, 6) is 1.72. The Morgan fingerprint density at radius 1 is 1.10 bits per heavy atom. The Hall–Kier alpha value is -1.06. The zero-order valence-electron chi connectivity index (χ0n) is 12.7. The van der Waals surface area contributed by atoms with Gasteiger partial charge in [-0.25, -0.2) is 0 Å². The summed E-state index contributed by atoms with van der Waals surface area (Å²) in [4.78, 5) is 28.9. The van der Waals surface area contributed by atoms with Gasteiger partial charge in [0.15, 0.2) is 0 Å². The third kappa shape index (κ3) is 2.13. The van der Waals surface area contributed by atoms with Gasteiger partial charge in [-0.2, -0.15) is 0 Å². The molecule has 4 nitrogen and oxygen atoms in total. The van der Waals surface area contributed by atoms with Crippen LogP contribution in [-0.4, -0.2) is 46.8 Å². The standard InChI is InChI=1S/C16H26N2O2/c1-3-12-6-7-13(11(12)2)18-10-8-15(19)17-9-4-5-14(17)16(18)20/h11-14H,3-10H2,1-2H3. The van der Waals surface area contributed by atoms with Crippen LogP contribution in [0.4, 0.5) is 0 Å². The van der Waals surface area contributed by atoms with Crippen LogP contribution in [0.25, 0.3) is 0 Å². The van der Waals surface area contributed by atoms with E-state index in [-0.39, 0.29) is 17.9 Å². The number of hydrogen-bond acceptors (Lipinski definition) is 2.